The van der Waals surface area contributed by atoms with Crippen LogP contribution in [-0.4, -0.2) is 6.04 Å². The Balaban J connectivity index is 2.01. The molecule has 1 fully saturated rings. The first kappa shape index (κ1) is 14.2. The highest BCUT2D eigenvalue weighted by Gasteiger charge is 2.32. The van der Waals surface area contributed by atoms with Crippen molar-refractivity contribution < 1.29 is 13.2 Å². The Morgan fingerprint density at radius 1 is 1.16 bits per heavy atom. The summed E-state index contributed by atoms with van der Waals surface area (Å²) in [4.78, 5) is 0. The highest BCUT2D eigenvalue weighted by atomic mass is 19.4. The Morgan fingerprint density at radius 3 is 2.26 bits per heavy atom. The Hall–Kier alpha value is -1.19. The molecule has 0 spiro atoms. The summed E-state index contributed by atoms with van der Waals surface area (Å²) in [5.41, 5.74) is 0.186. The molecule has 0 radical (unpaired) electrons. The van der Waals surface area contributed by atoms with Gasteiger partial charge in [-0.3, -0.25) is 0 Å². The molecule has 0 aromatic heterocycles. The van der Waals surface area contributed by atoms with E-state index >= 15 is 0 Å². The lowest BCUT2D eigenvalue weighted by Crippen LogP contribution is -2.24. The van der Waals surface area contributed by atoms with Crippen molar-refractivity contribution in [1.29, 1.82) is 0 Å². The van der Waals surface area contributed by atoms with Crippen molar-refractivity contribution in [3.63, 3.8) is 0 Å². The van der Waals surface area contributed by atoms with E-state index in [1.165, 1.54) is 25.0 Å². The second kappa shape index (κ2) is 5.43. The van der Waals surface area contributed by atoms with Crippen LogP contribution in [0, 0.1) is 11.8 Å². The first-order valence-corrected chi connectivity index (χ1v) is 6.85. The zero-order valence-corrected chi connectivity index (χ0v) is 11.3. The first-order chi connectivity index (χ1) is 8.91. The summed E-state index contributed by atoms with van der Waals surface area (Å²) in [6.07, 6.45) is -0.782. The molecule has 4 heteroatoms. The molecule has 1 aromatic rings. The number of hydrogen-bond donors (Lipinski definition) is 1. The van der Waals surface area contributed by atoms with Crippen LogP contribution < -0.4 is 5.32 Å². The fourth-order valence-corrected chi connectivity index (χ4v) is 3.00. The van der Waals surface area contributed by atoms with Crippen molar-refractivity contribution in [3.8, 4) is 0 Å². The van der Waals surface area contributed by atoms with Gasteiger partial charge in [0.25, 0.3) is 0 Å². The maximum Gasteiger partial charge on any atom is 0.416 e. The molecule has 3 unspecified atom stereocenters. The molecular weight excluding hydrogens is 251 g/mol. The average Bonchev–Trinajstić information content (AvgIpc) is 2.70. The van der Waals surface area contributed by atoms with Gasteiger partial charge in [0.1, 0.15) is 0 Å². The van der Waals surface area contributed by atoms with E-state index in [-0.39, 0.29) is 0 Å². The van der Waals surface area contributed by atoms with E-state index in [4.69, 9.17) is 0 Å². The quantitative estimate of drug-likeness (QED) is 0.820. The molecule has 0 heterocycles. The Labute approximate surface area is 112 Å². The third kappa shape index (κ3) is 3.23. The van der Waals surface area contributed by atoms with Crippen molar-refractivity contribution in [1.82, 2.24) is 0 Å². The van der Waals surface area contributed by atoms with Crippen LogP contribution in [0.15, 0.2) is 24.3 Å². The number of anilines is 1. The summed E-state index contributed by atoms with van der Waals surface area (Å²) in [6.45, 7) is 4.42. The average molecular weight is 271 g/mol. The van der Waals surface area contributed by atoms with Crippen LogP contribution in [0.4, 0.5) is 18.9 Å². The van der Waals surface area contributed by atoms with Crippen LogP contribution in [0.1, 0.15) is 38.7 Å². The number of nitrogens with one attached hydrogen (secondary N) is 1. The van der Waals surface area contributed by atoms with Gasteiger partial charge in [-0.15, -0.1) is 0 Å². The number of hydrogen-bond acceptors (Lipinski definition) is 1. The fraction of sp³-hybridized carbons (Fsp3) is 0.600. The monoisotopic (exact) mass is 271 g/mol. The minimum absolute atomic E-state index is 0.377. The van der Waals surface area contributed by atoms with Crippen LogP contribution in [0.3, 0.4) is 0 Å². The molecule has 0 amide bonds. The molecule has 0 saturated heterocycles. The Morgan fingerprint density at radius 2 is 1.79 bits per heavy atom. The lowest BCUT2D eigenvalue weighted by Gasteiger charge is -2.22. The van der Waals surface area contributed by atoms with Gasteiger partial charge >= 0.3 is 6.18 Å². The maximum atomic E-state index is 12.5. The molecule has 1 aromatic carbocycles. The number of rotatable bonds is 3. The van der Waals surface area contributed by atoms with E-state index in [0.29, 0.717) is 12.0 Å². The molecule has 1 aliphatic rings. The molecule has 19 heavy (non-hydrogen) atoms. The van der Waals surface area contributed by atoms with Gasteiger partial charge in [-0.2, -0.15) is 13.2 Å². The van der Waals surface area contributed by atoms with E-state index in [1.54, 1.807) is 0 Å². The second-order valence-electron chi connectivity index (χ2n) is 5.43. The van der Waals surface area contributed by atoms with Gasteiger partial charge in [0, 0.05) is 11.7 Å². The lowest BCUT2D eigenvalue weighted by molar-refractivity contribution is -0.137. The van der Waals surface area contributed by atoms with E-state index < -0.39 is 11.7 Å². The van der Waals surface area contributed by atoms with Crippen LogP contribution >= 0.6 is 0 Å². The van der Waals surface area contributed by atoms with Gasteiger partial charge in [0.05, 0.1) is 5.56 Å². The van der Waals surface area contributed by atoms with E-state index in [2.05, 4.69) is 19.2 Å². The van der Waals surface area contributed by atoms with Crippen molar-refractivity contribution in [3.05, 3.63) is 29.8 Å². The van der Waals surface area contributed by atoms with Crippen molar-refractivity contribution in [2.24, 2.45) is 11.8 Å². The molecule has 2 rings (SSSR count). The lowest BCUT2D eigenvalue weighted by atomic mass is 9.93. The van der Waals surface area contributed by atoms with Gasteiger partial charge in [-0.1, -0.05) is 20.3 Å². The Bertz CT molecular complexity index is 410. The molecule has 1 saturated carbocycles. The molecule has 0 bridgehead atoms. The van der Waals surface area contributed by atoms with Crippen molar-refractivity contribution in [2.75, 3.05) is 5.32 Å². The molecular formula is C15H20F3N. The summed E-state index contributed by atoms with van der Waals surface area (Å²) in [7, 11) is 0. The first-order valence-electron chi connectivity index (χ1n) is 6.85. The van der Waals surface area contributed by atoms with Crippen LogP contribution in [-0.2, 0) is 6.18 Å². The van der Waals surface area contributed by atoms with Crippen molar-refractivity contribution >= 4 is 5.69 Å². The van der Waals surface area contributed by atoms with E-state index in [0.717, 1.165) is 30.2 Å². The largest absolute Gasteiger partial charge is 0.416 e. The Kier molecular flexibility index (Phi) is 4.07. The summed E-state index contributed by atoms with van der Waals surface area (Å²) in [6, 6.07) is 5.70. The van der Waals surface area contributed by atoms with E-state index in [1.807, 2.05) is 0 Å². The minimum Gasteiger partial charge on any atom is -0.382 e. The zero-order valence-electron chi connectivity index (χ0n) is 11.3. The fourth-order valence-electron chi connectivity index (χ4n) is 3.00. The minimum atomic E-state index is -4.26. The summed E-state index contributed by atoms with van der Waals surface area (Å²) < 4.78 is 37.4. The third-order valence-electron chi connectivity index (χ3n) is 4.32. The zero-order chi connectivity index (χ0) is 14.0. The standard InChI is InChI=1S/C15H20F3N/c1-3-11-4-9-14(10(11)2)19-13-7-5-12(6-8-13)15(16,17)18/h5-8,10-11,14,19H,3-4,9H2,1-2H3. The summed E-state index contributed by atoms with van der Waals surface area (Å²) in [5.74, 6) is 1.30. The highest BCUT2D eigenvalue weighted by molar-refractivity contribution is 5.46. The highest BCUT2D eigenvalue weighted by Crippen LogP contribution is 2.36. The normalized spacial score (nSPS) is 27.5. The number of alkyl halides is 3. The topological polar surface area (TPSA) is 12.0 Å². The van der Waals surface area contributed by atoms with Crippen molar-refractivity contribution in [2.45, 2.75) is 45.3 Å². The number of halogens is 3. The number of benzene rings is 1. The van der Waals surface area contributed by atoms with E-state index in [9.17, 15) is 13.2 Å². The van der Waals surface area contributed by atoms with Gasteiger partial charge in [0.15, 0.2) is 0 Å². The third-order valence-corrected chi connectivity index (χ3v) is 4.32. The molecule has 0 aliphatic heterocycles. The summed E-state index contributed by atoms with van der Waals surface area (Å²) in [5, 5.41) is 3.37. The van der Waals surface area contributed by atoms with Crippen LogP contribution in [0.25, 0.3) is 0 Å². The second-order valence-corrected chi connectivity index (χ2v) is 5.43. The molecule has 1 N–H and O–H groups in total. The molecule has 106 valence electrons. The maximum absolute atomic E-state index is 12.5. The smallest absolute Gasteiger partial charge is 0.382 e. The van der Waals surface area contributed by atoms with Crippen LogP contribution in [0.2, 0.25) is 0 Å². The molecule has 3 atom stereocenters. The van der Waals surface area contributed by atoms with Crippen LogP contribution in [0.5, 0.6) is 0 Å². The van der Waals surface area contributed by atoms with Gasteiger partial charge in [-0.25, -0.2) is 0 Å². The van der Waals surface area contributed by atoms with Gasteiger partial charge in [0.2, 0.25) is 0 Å². The molecule has 1 aliphatic carbocycles. The van der Waals surface area contributed by atoms with Gasteiger partial charge < -0.3 is 5.32 Å². The predicted octanol–water partition coefficient (Wildman–Crippen LogP) is 4.94. The molecule has 1 nitrogen and oxygen atoms in total. The summed E-state index contributed by atoms with van der Waals surface area (Å²) >= 11 is 0. The predicted molar refractivity (Wildman–Crippen MR) is 71.0 cm³/mol. The van der Waals surface area contributed by atoms with Gasteiger partial charge in [-0.05, 0) is 48.9 Å². The SMILES string of the molecule is CCC1CCC(Nc2ccc(C(F)(F)F)cc2)C1C.